The second-order valence-electron chi connectivity index (χ2n) is 3.86. The van der Waals surface area contributed by atoms with Crippen LogP contribution >= 0.6 is 11.3 Å². The Morgan fingerprint density at radius 1 is 1.47 bits per heavy atom. The number of benzene rings is 1. The number of aromatic nitrogens is 1. The second kappa shape index (κ2) is 5.29. The van der Waals surface area contributed by atoms with Crippen LogP contribution < -0.4 is 4.74 Å². The normalized spacial score (nSPS) is 12.4. The number of nitrogens with zero attached hydrogens (tertiary/aromatic N) is 1. The molecule has 1 atom stereocenters. The van der Waals surface area contributed by atoms with Gasteiger partial charge in [-0.1, -0.05) is 12.1 Å². The summed E-state index contributed by atoms with van der Waals surface area (Å²) in [5, 5.41) is 10.4. The molecule has 1 aromatic heterocycles. The molecule has 3 nitrogen and oxygen atoms in total. The first-order chi connectivity index (χ1) is 8.19. The van der Waals surface area contributed by atoms with Crippen LogP contribution in [0.15, 0.2) is 30.5 Å². The van der Waals surface area contributed by atoms with Gasteiger partial charge in [0.1, 0.15) is 5.75 Å². The van der Waals surface area contributed by atoms with Gasteiger partial charge in [-0.15, -0.1) is 11.3 Å². The molecular weight excluding hydrogens is 234 g/mol. The fourth-order valence-electron chi connectivity index (χ4n) is 1.56. The van der Waals surface area contributed by atoms with Gasteiger partial charge in [-0.25, -0.2) is 4.98 Å². The molecule has 0 saturated heterocycles. The van der Waals surface area contributed by atoms with Crippen LogP contribution in [0.1, 0.15) is 28.5 Å². The number of aliphatic hydroxyl groups excluding tert-OH is 1. The zero-order chi connectivity index (χ0) is 12.3. The van der Waals surface area contributed by atoms with Crippen LogP contribution in [0.4, 0.5) is 0 Å². The molecule has 0 fully saturated rings. The highest BCUT2D eigenvalue weighted by molar-refractivity contribution is 7.11. The smallest absolute Gasteiger partial charge is 0.119 e. The SMILES string of the molecule is COc1cccc(Cc2ncc(C(C)O)s2)c1. The number of methoxy groups -OCH3 is 1. The lowest BCUT2D eigenvalue weighted by molar-refractivity contribution is 0.203. The molecule has 0 amide bonds. The Morgan fingerprint density at radius 3 is 2.94 bits per heavy atom. The zero-order valence-electron chi connectivity index (χ0n) is 9.88. The lowest BCUT2D eigenvalue weighted by atomic mass is 10.1. The lowest BCUT2D eigenvalue weighted by Crippen LogP contribution is -1.88. The maximum atomic E-state index is 9.44. The standard InChI is InChI=1S/C13H15NO2S/c1-9(15)12-8-14-13(17-12)7-10-4-3-5-11(6-10)16-2/h3-6,8-9,15H,7H2,1-2H3. The first-order valence-corrected chi connectivity index (χ1v) is 6.26. The third-order valence-corrected chi connectivity index (χ3v) is 3.64. The van der Waals surface area contributed by atoms with Gasteiger partial charge < -0.3 is 9.84 Å². The highest BCUT2D eigenvalue weighted by atomic mass is 32.1. The van der Waals surface area contributed by atoms with Crippen LogP contribution in [0.2, 0.25) is 0 Å². The van der Waals surface area contributed by atoms with E-state index in [0.29, 0.717) is 0 Å². The molecular formula is C13H15NO2S. The van der Waals surface area contributed by atoms with Gasteiger partial charge in [0.15, 0.2) is 0 Å². The summed E-state index contributed by atoms with van der Waals surface area (Å²) in [5.41, 5.74) is 1.16. The van der Waals surface area contributed by atoms with Gasteiger partial charge in [-0.05, 0) is 24.6 Å². The number of ether oxygens (including phenoxy) is 1. The molecule has 0 aliphatic rings. The Kier molecular flexibility index (Phi) is 3.76. The molecule has 4 heteroatoms. The molecule has 0 spiro atoms. The second-order valence-corrected chi connectivity index (χ2v) is 5.01. The van der Waals surface area contributed by atoms with Crippen LogP contribution in [0.25, 0.3) is 0 Å². The number of aliphatic hydroxyl groups is 1. The van der Waals surface area contributed by atoms with E-state index in [1.807, 2.05) is 24.3 Å². The van der Waals surface area contributed by atoms with Gasteiger partial charge >= 0.3 is 0 Å². The van der Waals surface area contributed by atoms with Crippen molar-refractivity contribution in [1.29, 1.82) is 0 Å². The van der Waals surface area contributed by atoms with Crippen molar-refractivity contribution in [1.82, 2.24) is 4.98 Å². The molecule has 1 heterocycles. The van der Waals surface area contributed by atoms with E-state index >= 15 is 0 Å². The molecule has 0 aliphatic carbocycles. The highest BCUT2D eigenvalue weighted by Crippen LogP contribution is 2.23. The van der Waals surface area contributed by atoms with Crippen LogP contribution in [0.3, 0.4) is 0 Å². The fourth-order valence-corrected chi connectivity index (χ4v) is 2.45. The molecule has 17 heavy (non-hydrogen) atoms. The minimum Gasteiger partial charge on any atom is -0.497 e. The summed E-state index contributed by atoms with van der Waals surface area (Å²) in [6.45, 7) is 1.75. The van der Waals surface area contributed by atoms with Crippen molar-refractivity contribution in [3.63, 3.8) is 0 Å². The van der Waals surface area contributed by atoms with E-state index < -0.39 is 6.10 Å². The third-order valence-electron chi connectivity index (χ3n) is 2.47. The summed E-state index contributed by atoms with van der Waals surface area (Å²) >= 11 is 1.55. The van der Waals surface area contributed by atoms with Crippen molar-refractivity contribution in [3.05, 3.63) is 45.9 Å². The van der Waals surface area contributed by atoms with Gasteiger partial charge in [0, 0.05) is 12.6 Å². The maximum absolute atomic E-state index is 9.44. The van der Waals surface area contributed by atoms with Gasteiger partial charge in [0.25, 0.3) is 0 Å². The van der Waals surface area contributed by atoms with Crippen LogP contribution in [-0.4, -0.2) is 17.2 Å². The molecule has 2 aromatic rings. The van der Waals surface area contributed by atoms with Crippen molar-refractivity contribution >= 4 is 11.3 Å². The number of rotatable bonds is 4. The molecule has 0 aliphatic heterocycles. The van der Waals surface area contributed by atoms with Crippen LogP contribution in [0.5, 0.6) is 5.75 Å². The molecule has 2 rings (SSSR count). The van der Waals surface area contributed by atoms with Gasteiger partial charge in [0.05, 0.1) is 23.1 Å². The summed E-state index contributed by atoms with van der Waals surface area (Å²) < 4.78 is 5.18. The average Bonchev–Trinajstić information content (AvgIpc) is 2.78. The first-order valence-electron chi connectivity index (χ1n) is 5.44. The van der Waals surface area contributed by atoms with Crippen LogP contribution in [0, 0.1) is 0 Å². The maximum Gasteiger partial charge on any atom is 0.119 e. The van der Waals surface area contributed by atoms with Gasteiger partial charge in [-0.3, -0.25) is 0 Å². The fraction of sp³-hybridized carbons (Fsp3) is 0.308. The molecule has 0 bridgehead atoms. The van der Waals surface area contributed by atoms with Crippen molar-refractivity contribution in [2.24, 2.45) is 0 Å². The van der Waals surface area contributed by atoms with Crippen molar-refractivity contribution in [2.45, 2.75) is 19.4 Å². The van der Waals surface area contributed by atoms with Crippen molar-refractivity contribution < 1.29 is 9.84 Å². The molecule has 1 aromatic carbocycles. The van der Waals surface area contributed by atoms with E-state index in [1.54, 1.807) is 31.6 Å². The largest absolute Gasteiger partial charge is 0.497 e. The van der Waals surface area contributed by atoms with Crippen molar-refractivity contribution in [2.75, 3.05) is 7.11 Å². The Balaban J connectivity index is 2.13. The third kappa shape index (κ3) is 3.05. The topological polar surface area (TPSA) is 42.4 Å². The van der Waals surface area contributed by atoms with E-state index in [4.69, 9.17) is 4.74 Å². The monoisotopic (exact) mass is 249 g/mol. The van der Waals surface area contributed by atoms with E-state index in [2.05, 4.69) is 4.98 Å². The lowest BCUT2D eigenvalue weighted by Gasteiger charge is -2.02. The predicted octanol–water partition coefficient (Wildman–Crippen LogP) is 2.80. The highest BCUT2D eigenvalue weighted by Gasteiger charge is 2.07. The summed E-state index contributed by atoms with van der Waals surface area (Å²) in [7, 11) is 1.66. The molecule has 0 radical (unpaired) electrons. The van der Waals surface area contributed by atoms with Gasteiger partial charge in [0.2, 0.25) is 0 Å². The quantitative estimate of drug-likeness (QED) is 0.906. The Bertz CT molecular complexity index is 494. The van der Waals surface area contributed by atoms with Crippen molar-refractivity contribution in [3.8, 4) is 5.75 Å². The first kappa shape index (κ1) is 12.1. The Labute approximate surface area is 105 Å². The molecule has 1 unspecified atom stereocenters. The predicted molar refractivity (Wildman–Crippen MR) is 68.5 cm³/mol. The average molecular weight is 249 g/mol. The summed E-state index contributed by atoms with van der Waals surface area (Å²) in [6.07, 6.45) is 2.07. The summed E-state index contributed by atoms with van der Waals surface area (Å²) in [6, 6.07) is 7.94. The van der Waals surface area contributed by atoms with Gasteiger partial charge in [-0.2, -0.15) is 0 Å². The Morgan fingerprint density at radius 2 is 2.29 bits per heavy atom. The minimum absolute atomic E-state index is 0.438. The Hall–Kier alpha value is -1.39. The molecule has 0 saturated carbocycles. The minimum atomic E-state index is -0.438. The summed E-state index contributed by atoms with van der Waals surface area (Å²) in [4.78, 5) is 5.21. The number of thiazole rings is 1. The number of hydrogen-bond donors (Lipinski definition) is 1. The number of hydrogen-bond acceptors (Lipinski definition) is 4. The van der Waals surface area contributed by atoms with Crippen LogP contribution in [-0.2, 0) is 6.42 Å². The zero-order valence-corrected chi connectivity index (χ0v) is 10.7. The molecule has 1 N–H and O–H groups in total. The van der Waals surface area contributed by atoms with E-state index in [-0.39, 0.29) is 0 Å². The van der Waals surface area contributed by atoms with E-state index in [9.17, 15) is 5.11 Å². The van der Waals surface area contributed by atoms with E-state index in [1.165, 1.54) is 0 Å². The van der Waals surface area contributed by atoms with E-state index in [0.717, 1.165) is 27.6 Å². The summed E-state index contributed by atoms with van der Waals surface area (Å²) in [5.74, 6) is 0.856. The molecule has 90 valence electrons.